The quantitative estimate of drug-likeness (QED) is 0.723. The second kappa shape index (κ2) is 8.91. The summed E-state index contributed by atoms with van der Waals surface area (Å²) < 4.78 is 26.1. The van der Waals surface area contributed by atoms with E-state index in [1.807, 2.05) is 13.8 Å². The summed E-state index contributed by atoms with van der Waals surface area (Å²) in [6, 6.07) is 6.66. The maximum Gasteiger partial charge on any atom is 0.251 e. The van der Waals surface area contributed by atoms with Crippen molar-refractivity contribution in [2.45, 2.75) is 53.0 Å². The fourth-order valence-corrected chi connectivity index (χ4v) is 3.31. The highest BCUT2D eigenvalue weighted by Crippen LogP contribution is 2.14. The number of hydrogen-bond donors (Lipinski definition) is 2. The van der Waals surface area contributed by atoms with Gasteiger partial charge in [0.15, 0.2) is 0 Å². The summed E-state index contributed by atoms with van der Waals surface area (Å²) in [6.07, 6.45) is 2.52. The van der Waals surface area contributed by atoms with Crippen molar-refractivity contribution in [3.8, 4) is 0 Å². The van der Waals surface area contributed by atoms with Crippen molar-refractivity contribution in [3.63, 3.8) is 0 Å². The fourth-order valence-electron chi connectivity index (χ4n) is 2.19. The monoisotopic (exact) mass is 340 g/mol. The fraction of sp³-hybridized carbons (Fsp3) is 0.588. The number of nitrogens with one attached hydrogen (secondary N) is 2. The molecule has 1 aromatic rings. The SMILES string of the molecule is CCCS(=O)(=O)Nc1cccc(C(=O)NC(C)CCC(C)C)c1. The number of anilines is 1. The van der Waals surface area contributed by atoms with Crippen LogP contribution in [-0.2, 0) is 10.0 Å². The number of benzene rings is 1. The van der Waals surface area contributed by atoms with Gasteiger partial charge in [0.1, 0.15) is 0 Å². The summed E-state index contributed by atoms with van der Waals surface area (Å²) in [6.45, 7) is 8.09. The van der Waals surface area contributed by atoms with Crippen LogP contribution in [0.1, 0.15) is 57.3 Å². The Balaban J connectivity index is 2.70. The summed E-state index contributed by atoms with van der Waals surface area (Å²) in [7, 11) is -3.35. The predicted octanol–water partition coefficient (Wildman–Crippen LogP) is 3.39. The maximum atomic E-state index is 12.3. The smallest absolute Gasteiger partial charge is 0.251 e. The van der Waals surface area contributed by atoms with Crippen molar-refractivity contribution in [2.24, 2.45) is 5.92 Å². The van der Waals surface area contributed by atoms with Crippen LogP contribution < -0.4 is 10.0 Å². The Morgan fingerprint density at radius 3 is 2.48 bits per heavy atom. The standard InChI is InChI=1S/C17H28N2O3S/c1-5-11-23(21,22)19-16-8-6-7-15(12-16)17(20)18-14(4)10-9-13(2)3/h6-8,12-14,19H,5,9-11H2,1-4H3,(H,18,20). The lowest BCUT2D eigenvalue weighted by atomic mass is 10.0. The van der Waals surface area contributed by atoms with Gasteiger partial charge < -0.3 is 5.32 Å². The highest BCUT2D eigenvalue weighted by atomic mass is 32.2. The van der Waals surface area contributed by atoms with Gasteiger partial charge in [-0.15, -0.1) is 0 Å². The molecule has 0 aliphatic carbocycles. The summed E-state index contributed by atoms with van der Waals surface area (Å²) in [5.41, 5.74) is 0.874. The lowest BCUT2D eigenvalue weighted by molar-refractivity contribution is 0.0937. The van der Waals surface area contributed by atoms with Gasteiger partial charge in [0.25, 0.3) is 5.91 Å². The van der Waals surface area contributed by atoms with E-state index >= 15 is 0 Å². The molecule has 1 rings (SSSR count). The van der Waals surface area contributed by atoms with E-state index in [-0.39, 0.29) is 17.7 Å². The van der Waals surface area contributed by atoms with Crippen molar-refractivity contribution in [1.82, 2.24) is 5.32 Å². The summed E-state index contributed by atoms with van der Waals surface area (Å²) >= 11 is 0. The average molecular weight is 340 g/mol. The van der Waals surface area contributed by atoms with Crippen molar-refractivity contribution in [2.75, 3.05) is 10.5 Å². The van der Waals surface area contributed by atoms with Gasteiger partial charge in [-0.2, -0.15) is 0 Å². The van der Waals surface area contributed by atoms with Gasteiger partial charge in [0.2, 0.25) is 10.0 Å². The molecule has 1 amide bonds. The van der Waals surface area contributed by atoms with E-state index in [1.165, 1.54) is 0 Å². The first-order valence-corrected chi connectivity index (χ1v) is 9.80. The molecule has 0 radical (unpaired) electrons. The number of amides is 1. The third-order valence-electron chi connectivity index (χ3n) is 3.43. The van der Waals surface area contributed by atoms with E-state index in [9.17, 15) is 13.2 Å². The van der Waals surface area contributed by atoms with E-state index in [4.69, 9.17) is 0 Å². The van der Waals surface area contributed by atoms with Crippen LogP contribution >= 0.6 is 0 Å². The Hall–Kier alpha value is -1.56. The van der Waals surface area contributed by atoms with Crippen molar-refractivity contribution in [3.05, 3.63) is 29.8 Å². The Bertz CT molecular complexity index is 612. The molecule has 0 heterocycles. The van der Waals surface area contributed by atoms with Crippen molar-refractivity contribution in [1.29, 1.82) is 0 Å². The molecular weight excluding hydrogens is 312 g/mol. The Morgan fingerprint density at radius 2 is 1.87 bits per heavy atom. The van der Waals surface area contributed by atoms with Crippen LogP contribution in [0.5, 0.6) is 0 Å². The molecule has 2 N–H and O–H groups in total. The molecule has 0 bridgehead atoms. The molecule has 0 aliphatic heterocycles. The minimum atomic E-state index is -3.35. The normalized spacial score (nSPS) is 12.9. The summed E-state index contributed by atoms with van der Waals surface area (Å²) in [5, 5.41) is 2.95. The van der Waals surface area contributed by atoms with Gasteiger partial charge in [-0.3, -0.25) is 9.52 Å². The van der Waals surface area contributed by atoms with Gasteiger partial charge in [-0.25, -0.2) is 8.42 Å². The van der Waals surface area contributed by atoms with Gasteiger partial charge in [-0.05, 0) is 50.3 Å². The Morgan fingerprint density at radius 1 is 1.17 bits per heavy atom. The van der Waals surface area contributed by atoms with E-state index in [2.05, 4.69) is 23.9 Å². The largest absolute Gasteiger partial charge is 0.350 e. The molecule has 0 fully saturated rings. The van der Waals surface area contributed by atoms with Gasteiger partial charge in [0, 0.05) is 17.3 Å². The molecule has 0 aliphatic rings. The Labute approximate surface area is 139 Å². The molecule has 1 unspecified atom stereocenters. The molecule has 5 nitrogen and oxygen atoms in total. The Kier molecular flexibility index (Phi) is 7.55. The third-order valence-corrected chi connectivity index (χ3v) is 4.92. The molecule has 1 aromatic carbocycles. The molecule has 0 saturated carbocycles. The zero-order valence-electron chi connectivity index (χ0n) is 14.4. The minimum absolute atomic E-state index is 0.0651. The second-order valence-electron chi connectivity index (χ2n) is 6.35. The first kappa shape index (κ1) is 19.5. The lowest BCUT2D eigenvalue weighted by Gasteiger charge is -2.15. The molecule has 23 heavy (non-hydrogen) atoms. The van der Waals surface area contributed by atoms with Crippen LogP contribution in [0.2, 0.25) is 0 Å². The number of carbonyl (C=O) groups is 1. The minimum Gasteiger partial charge on any atom is -0.350 e. The van der Waals surface area contributed by atoms with Gasteiger partial charge in [0.05, 0.1) is 5.75 Å². The number of hydrogen-bond acceptors (Lipinski definition) is 3. The maximum absolute atomic E-state index is 12.3. The second-order valence-corrected chi connectivity index (χ2v) is 8.19. The van der Waals surface area contributed by atoms with Gasteiger partial charge >= 0.3 is 0 Å². The molecular formula is C17H28N2O3S. The first-order valence-electron chi connectivity index (χ1n) is 8.15. The van der Waals surface area contributed by atoms with Crippen molar-refractivity contribution >= 4 is 21.6 Å². The lowest BCUT2D eigenvalue weighted by Crippen LogP contribution is -2.32. The highest BCUT2D eigenvalue weighted by Gasteiger charge is 2.13. The summed E-state index contributed by atoms with van der Waals surface area (Å²) in [5.74, 6) is 0.485. The van der Waals surface area contributed by atoms with Crippen LogP contribution in [0.15, 0.2) is 24.3 Å². The molecule has 0 spiro atoms. The predicted molar refractivity (Wildman–Crippen MR) is 95.1 cm³/mol. The first-order chi connectivity index (χ1) is 10.7. The molecule has 0 saturated heterocycles. The van der Waals surface area contributed by atoms with Crippen LogP contribution in [0.25, 0.3) is 0 Å². The number of carbonyl (C=O) groups excluding carboxylic acids is 1. The topological polar surface area (TPSA) is 75.3 Å². The molecule has 0 aromatic heterocycles. The third kappa shape index (κ3) is 7.50. The zero-order chi connectivity index (χ0) is 17.5. The van der Waals surface area contributed by atoms with Crippen LogP contribution in [0, 0.1) is 5.92 Å². The van der Waals surface area contributed by atoms with Gasteiger partial charge in [-0.1, -0.05) is 26.8 Å². The molecule has 6 heteroatoms. The zero-order valence-corrected chi connectivity index (χ0v) is 15.2. The number of rotatable bonds is 9. The van der Waals surface area contributed by atoms with Crippen LogP contribution in [0.3, 0.4) is 0 Å². The number of sulfonamides is 1. The molecule has 1 atom stereocenters. The van der Waals surface area contributed by atoms with Crippen molar-refractivity contribution < 1.29 is 13.2 Å². The van der Waals surface area contributed by atoms with E-state index < -0.39 is 10.0 Å². The van der Waals surface area contributed by atoms with Crippen LogP contribution in [-0.4, -0.2) is 26.1 Å². The average Bonchev–Trinajstić information content (AvgIpc) is 2.44. The highest BCUT2D eigenvalue weighted by molar-refractivity contribution is 7.92. The van der Waals surface area contributed by atoms with Crippen LogP contribution in [0.4, 0.5) is 5.69 Å². The van der Waals surface area contributed by atoms with E-state index in [0.29, 0.717) is 23.6 Å². The van der Waals surface area contributed by atoms with E-state index in [1.54, 1.807) is 24.3 Å². The van der Waals surface area contributed by atoms with E-state index in [0.717, 1.165) is 12.8 Å². The molecule has 130 valence electrons. The summed E-state index contributed by atoms with van der Waals surface area (Å²) in [4.78, 5) is 12.3.